The molecule has 0 atom stereocenters. The number of ether oxygens (including phenoxy) is 3. The van der Waals surface area contributed by atoms with E-state index in [0.29, 0.717) is 43.4 Å². The van der Waals surface area contributed by atoms with Crippen LogP contribution in [0, 0.1) is 0 Å². The van der Waals surface area contributed by atoms with Crippen molar-refractivity contribution in [2.24, 2.45) is 0 Å². The van der Waals surface area contributed by atoms with Crippen molar-refractivity contribution in [3.63, 3.8) is 0 Å². The van der Waals surface area contributed by atoms with Gasteiger partial charge in [0.15, 0.2) is 0 Å². The number of carbonyl (C=O) groups is 1. The highest BCUT2D eigenvalue weighted by Crippen LogP contribution is 2.19. The first kappa shape index (κ1) is 15.3. The van der Waals surface area contributed by atoms with E-state index < -0.39 is 0 Å². The number of amides is 1. The van der Waals surface area contributed by atoms with Gasteiger partial charge in [-0.05, 0) is 18.2 Å². The van der Waals surface area contributed by atoms with Crippen molar-refractivity contribution in [1.82, 2.24) is 5.32 Å². The van der Waals surface area contributed by atoms with E-state index >= 15 is 0 Å². The maximum atomic E-state index is 11.9. The summed E-state index contributed by atoms with van der Waals surface area (Å²) in [5, 5.41) is 2.73. The minimum atomic E-state index is -0.244. The average molecular weight is 268 g/mol. The standard InChI is InChI=1S/C13H20N2O4/c1-17-7-8-19-6-5-15-13(16)11-9-10(18-2)3-4-12(11)14/h3-4,9H,5-8,14H2,1-2H3,(H,15,16). The summed E-state index contributed by atoms with van der Waals surface area (Å²) < 4.78 is 15.1. The lowest BCUT2D eigenvalue weighted by Crippen LogP contribution is -2.28. The number of hydrogen-bond acceptors (Lipinski definition) is 5. The maximum absolute atomic E-state index is 11.9. The van der Waals surface area contributed by atoms with E-state index in [1.54, 1.807) is 25.3 Å². The molecule has 106 valence electrons. The lowest BCUT2D eigenvalue weighted by atomic mass is 10.1. The first-order chi connectivity index (χ1) is 9.19. The van der Waals surface area contributed by atoms with Gasteiger partial charge in [0.25, 0.3) is 5.91 Å². The third-order valence-electron chi connectivity index (χ3n) is 2.47. The fraction of sp³-hybridized carbons (Fsp3) is 0.462. The van der Waals surface area contributed by atoms with Gasteiger partial charge in [-0.3, -0.25) is 4.79 Å². The highest BCUT2D eigenvalue weighted by molar-refractivity contribution is 5.99. The fourth-order valence-electron chi connectivity index (χ4n) is 1.44. The second-order valence-corrected chi connectivity index (χ2v) is 3.81. The van der Waals surface area contributed by atoms with Crippen LogP contribution in [0.1, 0.15) is 10.4 Å². The van der Waals surface area contributed by atoms with Gasteiger partial charge < -0.3 is 25.3 Å². The quantitative estimate of drug-likeness (QED) is 0.535. The number of carbonyl (C=O) groups excluding carboxylic acids is 1. The monoisotopic (exact) mass is 268 g/mol. The zero-order valence-corrected chi connectivity index (χ0v) is 11.3. The molecule has 6 nitrogen and oxygen atoms in total. The third-order valence-corrected chi connectivity index (χ3v) is 2.47. The van der Waals surface area contributed by atoms with Crippen molar-refractivity contribution in [2.75, 3.05) is 46.3 Å². The summed E-state index contributed by atoms with van der Waals surface area (Å²) in [5.74, 6) is 0.349. The van der Waals surface area contributed by atoms with Gasteiger partial charge in [0.05, 0.1) is 32.5 Å². The van der Waals surface area contributed by atoms with Gasteiger partial charge in [-0.1, -0.05) is 0 Å². The van der Waals surface area contributed by atoms with E-state index in [9.17, 15) is 4.79 Å². The zero-order valence-electron chi connectivity index (χ0n) is 11.3. The Hall–Kier alpha value is -1.79. The number of anilines is 1. The summed E-state index contributed by atoms with van der Waals surface area (Å²) in [7, 11) is 3.15. The van der Waals surface area contributed by atoms with Crippen LogP contribution in [0.3, 0.4) is 0 Å². The molecule has 3 N–H and O–H groups in total. The summed E-state index contributed by atoms with van der Waals surface area (Å²) >= 11 is 0. The summed E-state index contributed by atoms with van der Waals surface area (Å²) in [5.41, 5.74) is 6.57. The van der Waals surface area contributed by atoms with Crippen LogP contribution in [0.2, 0.25) is 0 Å². The number of nitrogens with one attached hydrogen (secondary N) is 1. The van der Waals surface area contributed by atoms with Crippen LogP contribution in [0.25, 0.3) is 0 Å². The molecule has 19 heavy (non-hydrogen) atoms. The Morgan fingerprint density at radius 2 is 2.05 bits per heavy atom. The van der Waals surface area contributed by atoms with E-state index in [1.807, 2.05) is 0 Å². The number of rotatable bonds is 8. The molecule has 0 aromatic heterocycles. The Balaban J connectivity index is 2.40. The molecule has 0 aliphatic heterocycles. The van der Waals surface area contributed by atoms with Crippen molar-refractivity contribution in [1.29, 1.82) is 0 Å². The molecule has 1 aromatic carbocycles. The molecule has 0 unspecified atom stereocenters. The van der Waals surface area contributed by atoms with Crippen LogP contribution in [0.15, 0.2) is 18.2 Å². The Morgan fingerprint density at radius 3 is 2.74 bits per heavy atom. The second kappa shape index (κ2) is 8.34. The van der Waals surface area contributed by atoms with E-state index in [4.69, 9.17) is 19.9 Å². The van der Waals surface area contributed by atoms with Crippen molar-refractivity contribution >= 4 is 11.6 Å². The molecule has 1 amide bonds. The van der Waals surface area contributed by atoms with E-state index in [0.717, 1.165) is 0 Å². The molecule has 0 fully saturated rings. The van der Waals surface area contributed by atoms with Crippen LogP contribution in [0.4, 0.5) is 5.69 Å². The number of hydrogen-bond donors (Lipinski definition) is 2. The Morgan fingerprint density at radius 1 is 1.26 bits per heavy atom. The van der Waals surface area contributed by atoms with Crippen LogP contribution in [-0.2, 0) is 9.47 Å². The van der Waals surface area contributed by atoms with Gasteiger partial charge in [-0.15, -0.1) is 0 Å². The molecule has 0 saturated heterocycles. The molecule has 1 aromatic rings. The first-order valence-corrected chi connectivity index (χ1v) is 5.97. The molecular formula is C13H20N2O4. The number of benzene rings is 1. The smallest absolute Gasteiger partial charge is 0.253 e. The molecule has 1 rings (SSSR count). The highest BCUT2D eigenvalue weighted by Gasteiger charge is 2.10. The minimum absolute atomic E-state index is 0.244. The van der Waals surface area contributed by atoms with Gasteiger partial charge in [0.2, 0.25) is 0 Å². The Bertz CT molecular complexity index is 410. The largest absolute Gasteiger partial charge is 0.497 e. The highest BCUT2D eigenvalue weighted by atomic mass is 16.5. The van der Waals surface area contributed by atoms with Gasteiger partial charge in [-0.25, -0.2) is 0 Å². The number of nitrogens with two attached hydrogens (primary N) is 1. The van der Waals surface area contributed by atoms with Gasteiger partial charge in [0.1, 0.15) is 5.75 Å². The molecule has 6 heteroatoms. The topological polar surface area (TPSA) is 82.8 Å². The first-order valence-electron chi connectivity index (χ1n) is 5.97. The van der Waals surface area contributed by atoms with E-state index in [2.05, 4.69) is 5.32 Å². The van der Waals surface area contributed by atoms with Gasteiger partial charge in [-0.2, -0.15) is 0 Å². The summed E-state index contributed by atoms with van der Waals surface area (Å²) in [6, 6.07) is 4.96. The molecular weight excluding hydrogens is 248 g/mol. The molecule has 0 heterocycles. The predicted octanol–water partition coefficient (Wildman–Crippen LogP) is 0.670. The van der Waals surface area contributed by atoms with E-state index in [1.165, 1.54) is 7.11 Å². The Labute approximate surface area is 112 Å². The molecule has 0 radical (unpaired) electrons. The lowest BCUT2D eigenvalue weighted by Gasteiger charge is -2.09. The summed E-state index contributed by atoms with van der Waals surface area (Å²) in [6.07, 6.45) is 0. The predicted molar refractivity (Wildman–Crippen MR) is 72.4 cm³/mol. The summed E-state index contributed by atoms with van der Waals surface area (Å²) in [6.45, 7) is 1.89. The van der Waals surface area contributed by atoms with Crippen LogP contribution >= 0.6 is 0 Å². The molecule has 0 saturated carbocycles. The van der Waals surface area contributed by atoms with Crippen molar-refractivity contribution in [2.45, 2.75) is 0 Å². The van der Waals surface area contributed by atoms with Gasteiger partial charge in [0, 0.05) is 19.3 Å². The fourth-order valence-corrected chi connectivity index (χ4v) is 1.44. The lowest BCUT2D eigenvalue weighted by molar-refractivity contribution is 0.0693. The third kappa shape index (κ3) is 5.15. The minimum Gasteiger partial charge on any atom is -0.497 e. The van der Waals surface area contributed by atoms with Crippen LogP contribution < -0.4 is 15.8 Å². The normalized spacial score (nSPS) is 10.2. The van der Waals surface area contributed by atoms with Crippen molar-refractivity contribution < 1.29 is 19.0 Å². The summed E-state index contributed by atoms with van der Waals surface area (Å²) in [4.78, 5) is 11.9. The van der Waals surface area contributed by atoms with E-state index in [-0.39, 0.29) is 5.91 Å². The molecule has 0 bridgehead atoms. The van der Waals surface area contributed by atoms with Crippen molar-refractivity contribution in [3.05, 3.63) is 23.8 Å². The Kier molecular flexibility index (Phi) is 6.70. The maximum Gasteiger partial charge on any atom is 0.253 e. The van der Waals surface area contributed by atoms with Crippen LogP contribution in [-0.4, -0.2) is 46.5 Å². The number of nitrogen functional groups attached to an aromatic ring is 1. The van der Waals surface area contributed by atoms with Crippen LogP contribution in [0.5, 0.6) is 5.75 Å². The molecule has 0 aliphatic carbocycles. The SMILES string of the molecule is COCCOCCNC(=O)c1cc(OC)ccc1N. The second-order valence-electron chi connectivity index (χ2n) is 3.81. The zero-order chi connectivity index (χ0) is 14.1. The number of methoxy groups -OCH3 is 2. The molecule has 0 aliphatic rings. The van der Waals surface area contributed by atoms with Gasteiger partial charge >= 0.3 is 0 Å². The molecule has 0 spiro atoms. The average Bonchev–Trinajstić information content (AvgIpc) is 2.43. The van der Waals surface area contributed by atoms with Crippen molar-refractivity contribution in [3.8, 4) is 5.75 Å².